The maximum atomic E-state index is 12.7. The number of carbonyl (C=O) groups is 2. The Balaban J connectivity index is 1.82. The molecule has 3 rings (SSSR count). The van der Waals surface area contributed by atoms with Gasteiger partial charge in [-0.1, -0.05) is 55.5 Å². The number of ether oxygens (including phenoxy) is 2. The van der Waals surface area contributed by atoms with Gasteiger partial charge in [-0.3, -0.25) is 4.79 Å². The van der Waals surface area contributed by atoms with Crippen LogP contribution in [-0.4, -0.2) is 24.6 Å². The first-order valence-corrected chi connectivity index (χ1v) is 10.7. The Bertz CT molecular complexity index is 985. The van der Waals surface area contributed by atoms with E-state index in [2.05, 4.69) is 12.2 Å². The summed E-state index contributed by atoms with van der Waals surface area (Å²) in [5, 5.41) is 3.32. The zero-order valence-corrected chi connectivity index (χ0v) is 18.1. The zero-order chi connectivity index (χ0) is 21.5. The molecule has 156 valence electrons. The van der Waals surface area contributed by atoms with E-state index in [1.54, 1.807) is 32.0 Å². The van der Waals surface area contributed by atoms with Gasteiger partial charge in [0.2, 0.25) is 0 Å². The van der Waals surface area contributed by atoms with Gasteiger partial charge in [0.1, 0.15) is 10.8 Å². The third kappa shape index (κ3) is 5.27. The number of nitrogens with one attached hydrogen (secondary N) is 1. The largest absolute Gasteiger partial charge is 0.481 e. The van der Waals surface area contributed by atoms with E-state index in [0.29, 0.717) is 16.3 Å². The summed E-state index contributed by atoms with van der Waals surface area (Å²) in [6.45, 7) is 5.77. The van der Waals surface area contributed by atoms with Crippen molar-refractivity contribution in [3.63, 3.8) is 0 Å². The fourth-order valence-electron chi connectivity index (χ4n) is 2.95. The molecule has 0 aliphatic rings. The first-order valence-electron chi connectivity index (χ1n) is 9.88. The maximum Gasteiger partial charge on any atom is 0.341 e. The molecule has 0 spiro atoms. The van der Waals surface area contributed by atoms with Gasteiger partial charge >= 0.3 is 5.97 Å². The van der Waals surface area contributed by atoms with Crippen LogP contribution < -0.4 is 10.1 Å². The van der Waals surface area contributed by atoms with E-state index in [1.165, 1.54) is 11.3 Å². The Morgan fingerprint density at radius 3 is 2.27 bits per heavy atom. The Kier molecular flexibility index (Phi) is 7.25. The number of hydrogen-bond acceptors (Lipinski definition) is 5. The lowest BCUT2D eigenvalue weighted by Crippen LogP contribution is -2.30. The van der Waals surface area contributed by atoms with Crippen molar-refractivity contribution in [1.29, 1.82) is 0 Å². The topological polar surface area (TPSA) is 64.6 Å². The fraction of sp³-hybridized carbons (Fsp3) is 0.250. The molecule has 5 nitrogen and oxygen atoms in total. The fourth-order valence-corrected chi connectivity index (χ4v) is 4.08. The molecule has 1 heterocycles. The molecule has 0 radical (unpaired) electrons. The number of hydrogen-bond donors (Lipinski definition) is 1. The molecule has 0 aliphatic heterocycles. The molecule has 30 heavy (non-hydrogen) atoms. The van der Waals surface area contributed by atoms with E-state index in [9.17, 15) is 9.59 Å². The Morgan fingerprint density at radius 1 is 1.00 bits per heavy atom. The average Bonchev–Trinajstić information content (AvgIpc) is 3.18. The summed E-state index contributed by atoms with van der Waals surface area (Å²) in [4.78, 5) is 26.2. The summed E-state index contributed by atoms with van der Waals surface area (Å²) in [5.41, 5.74) is 1.49. The van der Waals surface area contributed by atoms with Crippen molar-refractivity contribution in [1.82, 2.24) is 0 Å². The lowest BCUT2D eigenvalue weighted by atomic mass is 9.99. The summed E-state index contributed by atoms with van der Waals surface area (Å²) >= 11 is 1.38. The highest BCUT2D eigenvalue weighted by Gasteiger charge is 2.24. The van der Waals surface area contributed by atoms with Gasteiger partial charge in [-0.15, -0.1) is 11.3 Å². The third-order valence-electron chi connectivity index (χ3n) is 4.63. The lowest BCUT2D eigenvalue weighted by molar-refractivity contribution is -0.122. The summed E-state index contributed by atoms with van der Waals surface area (Å²) in [5.74, 6) is -0.0966. The quantitative estimate of drug-likeness (QED) is 0.487. The van der Waals surface area contributed by atoms with Gasteiger partial charge in [0, 0.05) is 10.8 Å². The van der Waals surface area contributed by atoms with Crippen molar-refractivity contribution in [3.05, 3.63) is 82.7 Å². The van der Waals surface area contributed by atoms with Gasteiger partial charge in [0.25, 0.3) is 5.91 Å². The molecule has 0 saturated heterocycles. The SMILES string of the molecule is CCOC(=O)c1cc([C@@H](C)c2ccccc2)sc1NC(=O)[C@@H](C)Oc1ccccc1. The minimum atomic E-state index is -0.723. The van der Waals surface area contributed by atoms with Gasteiger partial charge < -0.3 is 14.8 Å². The van der Waals surface area contributed by atoms with E-state index in [1.807, 2.05) is 48.5 Å². The molecule has 1 amide bonds. The van der Waals surface area contributed by atoms with Crippen LogP contribution in [0.2, 0.25) is 0 Å². The number of carbonyl (C=O) groups excluding carboxylic acids is 2. The zero-order valence-electron chi connectivity index (χ0n) is 17.3. The van der Waals surface area contributed by atoms with E-state index in [0.717, 1.165) is 10.4 Å². The van der Waals surface area contributed by atoms with Gasteiger partial charge in [-0.2, -0.15) is 0 Å². The van der Waals surface area contributed by atoms with E-state index in [4.69, 9.17) is 9.47 Å². The van der Waals surface area contributed by atoms with Crippen LogP contribution in [0.15, 0.2) is 66.7 Å². The number of rotatable bonds is 8. The Hall–Kier alpha value is -3.12. The lowest BCUT2D eigenvalue weighted by Gasteiger charge is -2.14. The molecule has 2 aromatic carbocycles. The third-order valence-corrected chi connectivity index (χ3v) is 5.87. The van der Waals surface area contributed by atoms with Gasteiger partial charge in [0.05, 0.1) is 12.2 Å². The standard InChI is InChI=1S/C24H25NO4S/c1-4-28-24(27)20-15-21(16(2)18-11-7-5-8-12-18)30-23(20)25-22(26)17(3)29-19-13-9-6-10-14-19/h5-17H,4H2,1-3H3,(H,25,26)/t16-,17+/m0/s1. The minimum Gasteiger partial charge on any atom is -0.481 e. The first kappa shape index (κ1) is 21.6. The minimum absolute atomic E-state index is 0.0769. The molecule has 0 aliphatic carbocycles. The predicted octanol–water partition coefficient (Wildman–Crippen LogP) is 5.48. The van der Waals surface area contributed by atoms with Gasteiger partial charge in [-0.05, 0) is 37.6 Å². The molecule has 6 heteroatoms. The molecule has 1 N–H and O–H groups in total. The number of para-hydroxylation sites is 1. The van der Waals surface area contributed by atoms with Crippen molar-refractivity contribution < 1.29 is 19.1 Å². The van der Waals surface area contributed by atoms with Crippen molar-refractivity contribution in [2.24, 2.45) is 0 Å². The van der Waals surface area contributed by atoms with Gasteiger partial charge in [0.15, 0.2) is 6.10 Å². The number of thiophene rings is 1. The van der Waals surface area contributed by atoms with Crippen LogP contribution in [0.1, 0.15) is 47.5 Å². The summed E-state index contributed by atoms with van der Waals surface area (Å²) < 4.78 is 10.9. The van der Waals surface area contributed by atoms with Crippen molar-refractivity contribution in [2.75, 3.05) is 11.9 Å². The highest BCUT2D eigenvalue weighted by Crippen LogP contribution is 2.36. The molecule has 0 unspecified atom stereocenters. The maximum absolute atomic E-state index is 12.7. The highest BCUT2D eigenvalue weighted by molar-refractivity contribution is 7.16. The van der Waals surface area contributed by atoms with E-state index < -0.39 is 12.1 Å². The average molecular weight is 424 g/mol. The van der Waals surface area contributed by atoms with Crippen LogP contribution in [0.3, 0.4) is 0 Å². The Labute approximate surface area is 180 Å². The molecule has 2 atom stereocenters. The molecule has 3 aromatic rings. The molecule has 1 aromatic heterocycles. The van der Waals surface area contributed by atoms with E-state index >= 15 is 0 Å². The van der Waals surface area contributed by atoms with Crippen LogP contribution in [0, 0.1) is 0 Å². The first-order chi connectivity index (χ1) is 14.5. The summed E-state index contributed by atoms with van der Waals surface area (Å²) in [6, 6.07) is 21.0. The predicted molar refractivity (Wildman–Crippen MR) is 119 cm³/mol. The smallest absolute Gasteiger partial charge is 0.341 e. The summed E-state index contributed by atoms with van der Waals surface area (Å²) in [7, 11) is 0. The molecular weight excluding hydrogens is 398 g/mol. The number of anilines is 1. The van der Waals surface area contributed by atoms with Crippen LogP contribution in [0.4, 0.5) is 5.00 Å². The van der Waals surface area contributed by atoms with Crippen LogP contribution in [0.25, 0.3) is 0 Å². The second-order valence-electron chi connectivity index (χ2n) is 6.81. The van der Waals surface area contributed by atoms with E-state index in [-0.39, 0.29) is 18.4 Å². The van der Waals surface area contributed by atoms with Crippen molar-refractivity contribution >= 4 is 28.2 Å². The molecule has 0 bridgehead atoms. The highest BCUT2D eigenvalue weighted by atomic mass is 32.1. The number of esters is 1. The monoisotopic (exact) mass is 423 g/mol. The van der Waals surface area contributed by atoms with Crippen LogP contribution >= 0.6 is 11.3 Å². The van der Waals surface area contributed by atoms with Crippen LogP contribution in [0.5, 0.6) is 5.75 Å². The molecular formula is C24H25NO4S. The summed E-state index contributed by atoms with van der Waals surface area (Å²) in [6.07, 6.45) is -0.723. The van der Waals surface area contributed by atoms with Crippen LogP contribution in [-0.2, 0) is 9.53 Å². The molecule has 0 saturated carbocycles. The number of benzene rings is 2. The van der Waals surface area contributed by atoms with Crippen molar-refractivity contribution in [2.45, 2.75) is 32.8 Å². The van der Waals surface area contributed by atoms with Gasteiger partial charge in [-0.25, -0.2) is 4.79 Å². The normalized spacial score (nSPS) is 12.6. The second kappa shape index (κ2) is 10.1. The number of amides is 1. The Morgan fingerprint density at radius 2 is 1.63 bits per heavy atom. The second-order valence-corrected chi connectivity index (χ2v) is 7.89. The molecule has 0 fully saturated rings. The van der Waals surface area contributed by atoms with Crippen molar-refractivity contribution in [3.8, 4) is 5.75 Å².